The number of aliphatic hydroxyl groups excluding tert-OH is 1. The average Bonchev–Trinajstić information content (AvgIpc) is 2.37. The predicted molar refractivity (Wildman–Crippen MR) is 72.7 cm³/mol. The van der Waals surface area contributed by atoms with Crippen LogP contribution in [0.4, 0.5) is 0 Å². The molecular formula is C13H9BrClNO2. The second kappa shape index (κ2) is 5.61. The Morgan fingerprint density at radius 3 is 2.78 bits per heavy atom. The number of carbonyl (C=O) groups excluding carboxylic acids is 1. The van der Waals surface area contributed by atoms with Gasteiger partial charge < -0.3 is 5.11 Å². The molecule has 0 spiro atoms. The molecule has 0 amide bonds. The Morgan fingerprint density at radius 1 is 1.33 bits per heavy atom. The summed E-state index contributed by atoms with van der Waals surface area (Å²) in [6.45, 7) is 0. The number of benzene rings is 1. The molecule has 92 valence electrons. The van der Waals surface area contributed by atoms with Gasteiger partial charge in [-0.1, -0.05) is 39.7 Å². The highest BCUT2D eigenvalue weighted by molar-refractivity contribution is 9.10. The van der Waals surface area contributed by atoms with Crippen molar-refractivity contribution in [3.05, 3.63) is 63.3 Å². The summed E-state index contributed by atoms with van der Waals surface area (Å²) < 4.78 is 0.805. The van der Waals surface area contributed by atoms with E-state index in [1.807, 2.05) is 6.07 Å². The maximum atomic E-state index is 12.1. The van der Waals surface area contributed by atoms with Crippen LogP contribution in [-0.4, -0.2) is 15.9 Å². The molecule has 0 aliphatic carbocycles. The minimum absolute atomic E-state index is 0.224. The molecule has 0 saturated carbocycles. The van der Waals surface area contributed by atoms with Gasteiger partial charge in [0.1, 0.15) is 11.3 Å². The monoisotopic (exact) mass is 325 g/mol. The van der Waals surface area contributed by atoms with E-state index in [1.54, 1.807) is 18.2 Å². The number of halogens is 2. The summed E-state index contributed by atoms with van der Waals surface area (Å²) in [7, 11) is 0. The molecule has 1 N–H and O–H groups in total. The second-order valence-corrected chi connectivity index (χ2v) is 4.99. The van der Waals surface area contributed by atoms with E-state index >= 15 is 0 Å². The molecule has 3 nitrogen and oxygen atoms in total. The van der Waals surface area contributed by atoms with Crippen LogP contribution in [0.5, 0.6) is 0 Å². The van der Waals surface area contributed by atoms with Gasteiger partial charge in [-0.3, -0.25) is 4.79 Å². The van der Waals surface area contributed by atoms with E-state index in [0.717, 1.165) is 4.47 Å². The zero-order valence-corrected chi connectivity index (χ0v) is 11.5. The zero-order chi connectivity index (χ0) is 13.1. The summed E-state index contributed by atoms with van der Waals surface area (Å²) in [6, 6.07) is 9.93. The third-order valence-corrected chi connectivity index (χ3v) is 3.12. The Bertz CT molecular complexity index is 589. The van der Waals surface area contributed by atoms with E-state index in [-0.39, 0.29) is 5.15 Å². The first-order valence-electron chi connectivity index (χ1n) is 5.17. The van der Waals surface area contributed by atoms with Crippen LogP contribution in [-0.2, 0) is 0 Å². The van der Waals surface area contributed by atoms with Crippen LogP contribution in [0.2, 0.25) is 5.15 Å². The minimum Gasteiger partial charge on any atom is -0.380 e. The van der Waals surface area contributed by atoms with Crippen LogP contribution in [0.1, 0.15) is 22.0 Å². The number of hydrogen-bond acceptors (Lipinski definition) is 3. The number of aliphatic hydroxyl groups is 1. The van der Waals surface area contributed by atoms with E-state index < -0.39 is 11.9 Å². The highest BCUT2D eigenvalue weighted by Gasteiger charge is 2.19. The number of rotatable bonds is 3. The molecule has 2 aromatic rings. The number of ketones is 1. The van der Waals surface area contributed by atoms with Gasteiger partial charge in [-0.25, -0.2) is 4.98 Å². The zero-order valence-electron chi connectivity index (χ0n) is 9.18. The molecule has 1 atom stereocenters. The van der Waals surface area contributed by atoms with Crippen LogP contribution < -0.4 is 0 Å². The fraction of sp³-hybridized carbons (Fsp3) is 0.0769. The van der Waals surface area contributed by atoms with Gasteiger partial charge in [0.15, 0.2) is 5.78 Å². The molecule has 0 bridgehead atoms. The largest absolute Gasteiger partial charge is 0.380 e. The van der Waals surface area contributed by atoms with Gasteiger partial charge in [-0.2, -0.15) is 0 Å². The standard InChI is InChI=1S/C13H9BrClNO2/c14-10-3-1-2-8(6-10)12(17)13(18)9-4-5-16-11(15)7-9/h1-7,12,17H. The third kappa shape index (κ3) is 2.96. The van der Waals surface area contributed by atoms with Crippen molar-refractivity contribution in [1.82, 2.24) is 4.98 Å². The van der Waals surface area contributed by atoms with Crippen molar-refractivity contribution in [2.24, 2.45) is 0 Å². The van der Waals surface area contributed by atoms with Gasteiger partial charge in [-0.15, -0.1) is 0 Å². The third-order valence-electron chi connectivity index (χ3n) is 2.42. The molecule has 0 fully saturated rings. The summed E-state index contributed by atoms with van der Waals surface area (Å²) in [4.78, 5) is 15.8. The molecule has 2 rings (SSSR count). The SMILES string of the molecule is O=C(c1ccnc(Cl)c1)C(O)c1cccc(Br)c1. The van der Waals surface area contributed by atoms with Gasteiger partial charge in [0, 0.05) is 16.2 Å². The maximum absolute atomic E-state index is 12.1. The normalized spacial score (nSPS) is 12.2. The van der Waals surface area contributed by atoms with Gasteiger partial charge in [0.2, 0.25) is 0 Å². The lowest BCUT2D eigenvalue weighted by Crippen LogP contribution is -2.12. The van der Waals surface area contributed by atoms with Crippen LogP contribution >= 0.6 is 27.5 Å². The van der Waals surface area contributed by atoms with E-state index in [0.29, 0.717) is 11.1 Å². The molecule has 0 aliphatic rings. The maximum Gasteiger partial charge on any atom is 0.195 e. The molecule has 18 heavy (non-hydrogen) atoms. The van der Waals surface area contributed by atoms with Crippen LogP contribution in [0.15, 0.2) is 47.1 Å². The van der Waals surface area contributed by atoms with Gasteiger partial charge >= 0.3 is 0 Å². The fourth-order valence-corrected chi connectivity index (χ4v) is 2.13. The van der Waals surface area contributed by atoms with E-state index in [4.69, 9.17) is 11.6 Å². The second-order valence-electron chi connectivity index (χ2n) is 3.69. The number of nitrogens with zero attached hydrogens (tertiary/aromatic N) is 1. The molecule has 0 saturated heterocycles. The summed E-state index contributed by atoms with van der Waals surface area (Å²) in [5.41, 5.74) is 0.866. The van der Waals surface area contributed by atoms with Crippen molar-refractivity contribution in [2.75, 3.05) is 0 Å². The molecule has 5 heteroatoms. The molecule has 1 aromatic heterocycles. The summed E-state index contributed by atoms with van der Waals surface area (Å²) in [5, 5.41) is 10.2. The number of pyridine rings is 1. The van der Waals surface area contributed by atoms with Crippen LogP contribution in [0.3, 0.4) is 0 Å². The van der Waals surface area contributed by atoms with Crippen molar-refractivity contribution in [3.8, 4) is 0 Å². The quantitative estimate of drug-likeness (QED) is 0.694. The van der Waals surface area contributed by atoms with Crippen LogP contribution in [0, 0.1) is 0 Å². The highest BCUT2D eigenvalue weighted by Crippen LogP contribution is 2.22. The topological polar surface area (TPSA) is 50.2 Å². The molecule has 1 unspecified atom stereocenters. The number of Topliss-reactive ketones (excluding diaryl/α,β-unsaturated/α-hetero) is 1. The Labute approximate surface area is 118 Å². The van der Waals surface area contributed by atoms with Crippen LogP contribution in [0.25, 0.3) is 0 Å². The fourth-order valence-electron chi connectivity index (χ4n) is 1.54. The van der Waals surface area contributed by atoms with Crippen molar-refractivity contribution < 1.29 is 9.90 Å². The predicted octanol–water partition coefficient (Wildman–Crippen LogP) is 3.41. The summed E-state index contributed by atoms with van der Waals surface area (Å²) in [6.07, 6.45) is 0.226. The lowest BCUT2D eigenvalue weighted by atomic mass is 10.0. The summed E-state index contributed by atoms with van der Waals surface area (Å²) in [5.74, 6) is -0.405. The van der Waals surface area contributed by atoms with Crippen molar-refractivity contribution in [2.45, 2.75) is 6.10 Å². The smallest absolute Gasteiger partial charge is 0.195 e. The number of aromatic nitrogens is 1. The van der Waals surface area contributed by atoms with E-state index in [2.05, 4.69) is 20.9 Å². The Balaban J connectivity index is 2.29. The molecule has 1 aromatic carbocycles. The first-order valence-corrected chi connectivity index (χ1v) is 6.34. The molecular weight excluding hydrogens is 318 g/mol. The Kier molecular flexibility index (Phi) is 4.11. The summed E-state index contributed by atoms with van der Waals surface area (Å²) >= 11 is 9.01. The molecule has 0 radical (unpaired) electrons. The lowest BCUT2D eigenvalue weighted by Gasteiger charge is -2.10. The number of hydrogen-bond donors (Lipinski definition) is 1. The van der Waals surface area contributed by atoms with E-state index in [9.17, 15) is 9.90 Å². The highest BCUT2D eigenvalue weighted by atomic mass is 79.9. The average molecular weight is 327 g/mol. The van der Waals surface area contributed by atoms with Crippen molar-refractivity contribution >= 4 is 33.3 Å². The van der Waals surface area contributed by atoms with Gasteiger partial charge in [-0.05, 0) is 29.8 Å². The van der Waals surface area contributed by atoms with E-state index in [1.165, 1.54) is 18.3 Å². The first kappa shape index (κ1) is 13.2. The van der Waals surface area contributed by atoms with Gasteiger partial charge in [0.05, 0.1) is 0 Å². The molecule has 1 heterocycles. The number of carbonyl (C=O) groups is 1. The molecule has 0 aliphatic heterocycles. The van der Waals surface area contributed by atoms with Crippen molar-refractivity contribution in [1.29, 1.82) is 0 Å². The van der Waals surface area contributed by atoms with Crippen molar-refractivity contribution in [3.63, 3.8) is 0 Å². The van der Waals surface area contributed by atoms with Gasteiger partial charge in [0.25, 0.3) is 0 Å². The first-order chi connectivity index (χ1) is 8.58. The lowest BCUT2D eigenvalue weighted by molar-refractivity contribution is 0.0747. The Hall–Kier alpha value is -1.23. The minimum atomic E-state index is -1.21. The Morgan fingerprint density at radius 2 is 2.11 bits per heavy atom.